The number of aliphatic hydroxyl groups is 1. The van der Waals surface area contributed by atoms with E-state index in [0.29, 0.717) is 5.56 Å². The van der Waals surface area contributed by atoms with Crippen molar-refractivity contribution in [3.05, 3.63) is 58.9 Å². The van der Waals surface area contributed by atoms with Crippen LogP contribution in [0.1, 0.15) is 29.2 Å². The van der Waals surface area contributed by atoms with Crippen molar-refractivity contribution < 1.29 is 9.90 Å². The molecule has 1 heterocycles. The van der Waals surface area contributed by atoms with Gasteiger partial charge in [-0.2, -0.15) is 5.10 Å². The zero-order valence-electron chi connectivity index (χ0n) is 14.0. The van der Waals surface area contributed by atoms with E-state index in [0.717, 1.165) is 11.1 Å². The Morgan fingerprint density at radius 1 is 1.43 bits per heavy atom. The highest BCUT2D eigenvalue weighted by molar-refractivity contribution is 5.91. The van der Waals surface area contributed by atoms with E-state index in [2.05, 4.69) is 16.5 Å². The summed E-state index contributed by atoms with van der Waals surface area (Å²) in [5.74, 6) is -0.242. The lowest BCUT2D eigenvalue weighted by Crippen LogP contribution is -2.37. The number of hydrogen-bond donors (Lipinski definition) is 2. The first-order valence-corrected chi connectivity index (χ1v) is 7.52. The third-order valence-corrected chi connectivity index (χ3v) is 3.77. The maximum absolute atomic E-state index is 11.9. The second-order valence-corrected chi connectivity index (χ2v) is 6.09. The Hall–Kier alpha value is -2.40. The molecule has 0 radical (unpaired) electrons. The summed E-state index contributed by atoms with van der Waals surface area (Å²) in [4.78, 5) is 11.9. The Kier molecular flexibility index (Phi) is 5.01. The molecule has 0 bridgehead atoms. The smallest absolute Gasteiger partial charge is 0.244 e. The van der Waals surface area contributed by atoms with Gasteiger partial charge in [0.15, 0.2) is 0 Å². The Morgan fingerprint density at radius 2 is 2.17 bits per heavy atom. The van der Waals surface area contributed by atoms with Crippen LogP contribution in [0.4, 0.5) is 0 Å². The molecule has 0 saturated carbocycles. The summed E-state index contributed by atoms with van der Waals surface area (Å²) in [7, 11) is 1.78. The second kappa shape index (κ2) is 6.79. The van der Waals surface area contributed by atoms with Crippen molar-refractivity contribution in [2.75, 3.05) is 6.54 Å². The average Bonchev–Trinajstić information content (AvgIpc) is 2.92. The summed E-state index contributed by atoms with van der Waals surface area (Å²) in [6.07, 6.45) is 6.59. The molecule has 0 aliphatic carbocycles. The van der Waals surface area contributed by atoms with Gasteiger partial charge in [0.25, 0.3) is 0 Å². The third kappa shape index (κ3) is 4.53. The van der Waals surface area contributed by atoms with Crippen LogP contribution in [0.5, 0.6) is 0 Å². The number of aromatic nitrogens is 2. The molecular weight excluding hydrogens is 290 g/mol. The van der Waals surface area contributed by atoms with Gasteiger partial charge < -0.3 is 10.4 Å². The van der Waals surface area contributed by atoms with Crippen molar-refractivity contribution in [2.45, 2.75) is 26.4 Å². The van der Waals surface area contributed by atoms with Crippen LogP contribution < -0.4 is 5.32 Å². The molecule has 1 unspecified atom stereocenters. The lowest BCUT2D eigenvalue weighted by Gasteiger charge is -2.21. The van der Waals surface area contributed by atoms with Gasteiger partial charge in [-0.3, -0.25) is 9.48 Å². The fourth-order valence-electron chi connectivity index (χ4n) is 2.30. The van der Waals surface area contributed by atoms with E-state index in [1.165, 1.54) is 11.6 Å². The summed E-state index contributed by atoms with van der Waals surface area (Å²) >= 11 is 0. The van der Waals surface area contributed by atoms with Gasteiger partial charge in [-0.1, -0.05) is 23.8 Å². The number of carbonyl (C=O) groups is 1. The molecule has 0 spiro atoms. The van der Waals surface area contributed by atoms with Gasteiger partial charge >= 0.3 is 0 Å². The van der Waals surface area contributed by atoms with Gasteiger partial charge in [-0.25, -0.2) is 0 Å². The van der Waals surface area contributed by atoms with Crippen molar-refractivity contribution >= 4 is 12.0 Å². The quantitative estimate of drug-likeness (QED) is 0.831. The van der Waals surface area contributed by atoms with Gasteiger partial charge in [0, 0.05) is 24.9 Å². The van der Waals surface area contributed by atoms with Crippen LogP contribution in [0, 0.1) is 13.8 Å². The Bertz CT molecular complexity index is 730. The molecule has 2 aromatic rings. The van der Waals surface area contributed by atoms with Gasteiger partial charge in [0.2, 0.25) is 5.91 Å². The molecule has 5 nitrogen and oxygen atoms in total. The lowest BCUT2D eigenvalue weighted by molar-refractivity contribution is -0.117. The summed E-state index contributed by atoms with van der Waals surface area (Å²) in [6.45, 7) is 5.82. The van der Waals surface area contributed by atoms with Crippen molar-refractivity contribution in [1.82, 2.24) is 15.1 Å². The van der Waals surface area contributed by atoms with Gasteiger partial charge in [-0.15, -0.1) is 0 Å². The molecular formula is C18H23N3O2. The number of aryl methyl sites for hydroxylation is 3. The van der Waals surface area contributed by atoms with E-state index in [1.807, 2.05) is 26.0 Å². The van der Waals surface area contributed by atoms with Crippen LogP contribution in [-0.4, -0.2) is 27.3 Å². The lowest BCUT2D eigenvalue weighted by atomic mass is 10.00. The van der Waals surface area contributed by atoms with Crippen LogP contribution in [0.15, 0.2) is 36.7 Å². The van der Waals surface area contributed by atoms with Crippen LogP contribution in [0.25, 0.3) is 6.08 Å². The predicted octanol–water partition coefficient (Wildman–Crippen LogP) is 2.07. The highest BCUT2D eigenvalue weighted by Crippen LogP contribution is 2.18. The van der Waals surface area contributed by atoms with Crippen molar-refractivity contribution in [3.8, 4) is 0 Å². The Morgan fingerprint density at radius 3 is 2.78 bits per heavy atom. The van der Waals surface area contributed by atoms with Gasteiger partial charge in [0.05, 0.1) is 12.7 Å². The first kappa shape index (κ1) is 17.0. The summed E-state index contributed by atoms with van der Waals surface area (Å²) in [6, 6.07) is 6.07. The fraction of sp³-hybridized carbons (Fsp3) is 0.333. The monoisotopic (exact) mass is 313 g/mol. The predicted molar refractivity (Wildman–Crippen MR) is 90.7 cm³/mol. The second-order valence-electron chi connectivity index (χ2n) is 6.09. The highest BCUT2D eigenvalue weighted by atomic mass is 16.3. The van der Waals surface area contributed by atoms with Crippen LogP contribution >= 0.6 is 0 Å². The highest BCUT2D eigenvalue weighted by Gasteiger charge is 2.24. The molecule has 5 heteroatoms. The topological polar surface area (TPSA) is 67.2 Å². The maximum Gasteiger partial charge on any atom is 0.244 e. The molecule has 2 N–H and O–H groups in total. The fourth-order valence-corrected chi connectivity index (χ4v) is 2.30. The third-order valence-electron chi connectivity index (χ3n) is 3.77. The zero-order valence-corrected chi connectivity index (χ0v) is 14.0. The number of carbonyl (C=O) groups excluding carboxylic acids is 1. The van der Waals surface area contributed by atoms with Crippen LogP contribution in [0.2, 0.25) is 0 Å². The van der Waals surface area contributed by atoms with E-state index in [4.69, 9.17) is 0 Å². The molecule has 0 aliphatic heterocycles. The number of benzene rings is 1. The van der Waals surface area contributed by atoms with Crippen LogP contribution in [-0.2, 0) is 17.4 Å². The van der Waals surface area contributed by atoms with Gasteiger partial charge in [-0.05, 0) is 38.0 Å². The van der Waals surface area contributed by atoms with E-state index >= 15 is 0 Å². The molecule has 122 valence electrons. The van der Waals surface area contributed by atoms with Crippen molar-refractivity contribution in [3.63, 3.8) is 0 Å². The van der Waals surface area contributed by atoms with E-state index < -0.39 is 5.60 Å². The Labute approximate surface area is 136 Å². The number of amides is 1. The molecule has 1 atom stereocenters. The molecule has 0 saturated heterocycles. The summed E-state index contributed by atoms with van der Waals surface area (Å²) in [5.41, 5.74) is 2.83. The normalized spacial score (nSPS) is 14.0. The van der Waals surface area contributed by atoms with E-state index in [-0.39, 0.29) is 12.5 Å². The molecule has 1 aromatic heterocycles. The number of nitrogens with one attached hydrogen (secondary N) is 1. The largest absolute Gasteiger partial charge is 0.383 e. The molecule has 1 aromatic carbocycles. The molecule has 1 amide bonds. The SMILES string of the molecule is Cc1ccc(C=CC(=O)NCC(C)(O)c2cnn(C)c2)c(C)c1. The first-order valence-electron chi connectivity index (χ1n) is 7.52. The van der Waals surface area contributed by atoms with E-state index in [1.54, 1.807) is 37.1 Å². The minimum Gasteiger partial charge on any atom is -0.383 e. The average molecular weight is 313 g/mol. The maximum atomic E-state index is 11.9. The summed E-state index contributed by atoms with van der Waals surface area (Å²) < 4.78 is 1.62. The first-order chi connectivity index (χ1) is 10.8. The number of rotatable bonds is 5. The minimum absolute atomic E-state index is 0.120. The van der Waals surface area contributed by atoms with Gasteiger partial charge in [0.1, 0.15) is 5.60 Å². The van der Waals surface area contributed by atoms with Crippen LogP contribution in [0.3, 0.4) is 0 Å². The number of hydrogen-bond acceptors (Lipinski definition) is 3. The van der Waals surface area contributed by atoms with Crippen molar-refractivity contribution in [2.24, 2.45) is 7.05 Å². The minimum atomic E-state index is -1.16. The van der Waals surface area contributed by atoms with Crippen molar-refractivity contribution in [1.29, 1.82) is 0 Å². The zero-order chi connectivity index (χ0) is 17.0. The molecule has 0 fully saturated rings. The summed E-state index contributed by atoms with van der Waals surface area (Å²) in [5, 5.41) is 17.2. The van der Waals surface area contributed by atoms with E-state index in [9.17, 15) is 9.90 Å². The standard InChI is InChI=1S/C18H23N3O2/c1-13-5-6-15(14(2)9-13)7-8-17(22)19-12-18(3,23)16-10-20-21(4)11-16/h5-11,23H,12H2,1-4H3,(H,19,22). The molecule has 0 aliphatic rings. The molecule has 2 rings (SSSR count). The Balaban J connectivity index is 1.95. The number of nitrogens with zero attached hydrogens (tertiary/aromatic N) is 2. The molecule has 23 heavy (non-hydrogen) atoms.